The molecule has 1 aromatic rings. The van der Waals surface area contributed by atoms with Crippen LogP contribution in [0.15, 0.2) is 24.3 Å². The van der Waals surface area contributed by atoms with E-state index < -0.39 is 0 Å². The Morgan fingerprint density at radius 2 is 1.78 bits per heavy atom. The van der Waals surface area contributed by atoms with Crippen LogP contribution in [0.4, 0.5) is 0 Å². The molecule has 0 aliphatic carbocycles. The van der Waals surface area contributed by atoms with Gasteiger partial charge in [-0.15, -0.1) is 11.6 Å². The number of carbonyl (C=O) groups is 1. The first-order valence-corrected chi connectivity index (χ1v) is 7.65. The second-order valence-corrected chi connectivity index (χ2v) is 5.95. The molecule has 0 aromatic heterocycles. The van der Waals surface area contributed by atoms with Crippen LogP contribution in [-0.4, -0.2) is 54.3 Å². The van der Waals surface area contributed by atoms with Gasteiger partial charge in [-0.2, -0.15) is 0 Å². The molecular formula is C13H16ClIN2O. The third-order valence-electron chi connectivity index (χ3n) is 3.15. The summed E-state index contributed by atoms with van der Waals surface area (Å²) in [4.78, 5) is 16.5. The second kappa shape index (κ2) is 6.73. The lowest BCUT2D eigenvalue weighted by atomic mass is 10.2. The molecule has 0 unspecified atom stereocenters. The lowest BCUT2D eigenvalue weighted by molar-refractivity contribution is 0.0644. The minimum atomic E-state index is 0.136. The smallest absolute Gasteiger partial charge is 0.253 e. The standard InChI is InChI=1S/C13H16ClIN2O/c14-5-6-16-7-9-17(10-8-16)13(18)11-1-3-12(15)4-2-11/h1-4H,5-10H2. The van der Waals surface area contributed by atoms with Gasteiger partial charge >= 0.3 is 0 Å². The summed E-state index contributed by atoms with van der Waals surface area (Å²) in [5.74, 6) is 0.794. The molecule has 0 spiro atoms. The number of nitrogens with zero attached hydrogens (tertiary/aromatic N) is 2. The van der Waals surface area contributed by atoms with Crippen molar-refractivity contribution < 1.29 is 4.79 Å². The van der Waals surface area contributed by atoms with Crippen LogP contribution in [0.1, 0.15) is 10.4 Å². The van der Waals surface area contributed by atoms with Crippen molar-refractivity contribution in [1.29, 1.82) is 0 Å². The lowest BCUT2D eigenvalue weighted by Crippen LogP contribution is -2.49. The fraction of sp³-hybridized carbons (Fsp3) is 0.462. The van der Waals surface area contributed by atoms with Crippen molar-refractivity contribution in [3.05, 3.63) is 33.4 Å². The zero-order chi connectivity index (χ0) is 13.0. The molecule has 1 aliphatic heterocycles. The van der Waals surface area contributed by atoms with Crippen LogP contribution in [-0.2, 0) is 0 Å². The van der Waals surface area contributed by atoms with Gasteiger partial charge in [-0.3, -0.25) is 9.69 Å². The molecular weight excluding hydrogens is 363 g/mol. The number of halogens is 2. The molecule has 0 N–H and O–H groups in total. The number of benzene rings is 1. The number of piperazine rings is 1. The van der Waals surface area contributed by atoms with Gasteiger partial charge in [0.15, 0.2) is 0 Å². The lowest BCUT2D eigenvalue weighted by Gasteiger charge is -2.34. The van der Waals surface area contributed by atoms with Gasteiger partial charge in [0, 0.05) is 47.7 Å². The van der Waals surface area contributed by atoms with Gasteiger partial charge in [-0.25, -0.2) is 0 Å². The van der Waals surface area contributed by atoms with E-state index in [2.05, 4.69) is 27.5 Å². The Labute approximate surface area is 126 Å². The van der Waals surface area contributed by atoms with E-state index in [0.29, 0.717) is 5.88 Å². The summed E-state index contributed by atoms with van der Waals surface area (Å²) in [5, 5.41) is 0. The summed E-state index contributed by atoms with van der Waals surface area (Å²) < 4.78 is 1.15. The molecule has 3 nitrogen and oxygen atoms in total. The summed E-state index contributed by atoms with van der Waals surface area (Å²) in [6.07, 6.45) is 0. The molecule has 1 aliphatic rings. The van der Waals surface area contributed by atoms with Crippen LogP contribution in [0, 0.1) is 3.57 Å². The van der Waals surface area contributed by atoms with Crippen LogP contribution in [0.25, 0.3) is 0 Å². The molecule has 1 heterocycles. The molecule has 0 radical (unpaired) electrons. The minimum Gasteiger partial charge on any atom is -0.336 e. The van der Waals surface area contributed by atoms with Crippen molar-refractivity contribution in [3.63, 3.8) is 0 Å². The molecule has 0 saturated carbocycles. The van der Waals surface area contributed by atoms with Gasteiger partial charge < -0.3 is 4.90 Å². The monoisotopic (exact) mass is 378 g/mol. The zero-order valence-electron chi connectivity index (χ0n) is 10.1. The Kier molecular flexibility index (Phi) is 5.26. The Balaban J connectivity index is 1.93. The topological polar surface area (TPSA) is 23.6 Å². The van der Waals surface area contributed by atoms with Gasteiger partial charge in [0.05, 0.1) is 0 Å². The number of carbonyl (C=O) groups excluding carboxylic acids is 1. The molecule has 18 heavy (non-hydrogen) atoms. The largest absolute Gasteiger partial charge is 0.336 e. The second-order valence-electron chi connectivity index (χ2n) is 4.33. The van der Waals surface area contributed by atoms with E-state index in [1.807, 2.05) is 29.2 Å². The maximum atomic E-state index is 12.3. The van der Waals surface area contributed by atoms with Crippen molar-refractivity contribution in [2.24, 2.45) is 0 Å². The van der Waals surface area contributed by atoms with E-state index in [4.69, 9.17) is 11.6 Å². The summed E-state index contributed by atoms with van der Waals surface area (Å²) in [6.45, 7) is 4.34. The van der Waals surface area contributed by atoms with Crippen LogP contribution in [0.5, 0.6) is 0 Å². The van der Waals surface area contributed by atoms with Crippen molar-refractivity contribution in [2.45, 2.75) is 0 Å². The summed E-state index contributed by atoms with van der Waals surface area (Å²) in [5.41, 5.74) is 0.779. The van der Waals surface area contributed by atoms with Crippen molar-refractivity contribution in [2.75, 3.05) is 38.6 Å². The molecule has 98 valence electrons. The molecule has 5 heteroatoms. The van der Waals surface area contributed by atoms with E-state index >= 15 is 0 Å². The molecule has 0 bridgehead atoms. The molecule has 1 aromatic carbocycles. The highest BCUT2D eigenvalue weighted by Crippen LogP contribution is 2.11. The minimum absolute atomic E-state index is 0.136. The van der Waals surface area contributed by atoms with E-state index in [9.17, 15) is 4.79 Å². The van der Waals surface area contributed by atoms with Crippen molar-refractivity contribution >= 4 is 40.1 Å². The molecule has 1 saturated heterocycles. The number of alkyl halides is 1. The maximum Gasteiger partial charge on any atom is 0.253 e. The van der Waals surface area contributed by atoms with E-state index in [1.165, 1.54) is 0 Å². The number of amides is 1. The fourth-order valence-corrected chi connectivity index (χ4v) is 2.67. The first-order valence-electron chi connectivity index (χ1n) is 6.04. The van der Waals surface area contributed by atoms with E-state index in [1.54, 1.807) is 0 Å². The van der Waals surface area contributed by atoms with Gasteiger partial charge in [0.25, 0.3) is 5.91 Å². The normalized spacial score (nSPS) is 16.9. The Morgan fingerprint density at radius 3 is 2.33 bits per heavy atom. The van der Waals surface area contributed by atoms with Gasteiger partial charge in [0.1, 0.15) is 0 Å². The first-order chi connectivity index (χ1) is 8.70. The number of rotatable bonds is 3. The third kappa shape index (κ3) is 3.59. The summed E-state index contributed by atoms with van der Waals surface area (Å²) in [6, 6.07) is 7.74. The molecule has 1 fully saturated rings. The fourth-order valence-electron chi connectivity index (χ4n) is 2.07. The van der Waals surface area contributed by atoms with Crippen LogP contribution < -0.4 is 0 Å². The summed E-state index contributed by atoms with van der Waals surface area (Å²) in [7, 11) is 0. The number of hydrogen-bond acceptors (Lipinski definition) is 2. The average molecular weight is 379 g/mol. The molecule has 1 amide bonds. The molecule has 0 atom stereocenters. The van der Waals surface area contributed by atoms with Gasteiger partial charge in [-0.1, -0.05) is 0 Å². The van der Waals surface area contributed by atoms with Crippen LogP contribution in [0.3, 0.4) is 0 Å². The van der Waals surface area contributed by atoms with E-state index in [0.717, 1.165) is 41.9 Å². The Hall–Kier alpha value is -0.330. The van der Waals surface area contributed by atoms with Gasteiger partial charge in [0.2, 0.25) is 0 Å². The predicted octanol–water partition coefficient (Wildman–Crippen LogP) is 2.29. The van der Waals surface area contributed by atoms with E-state index in [-0.39, 0.29) is 5.91 Å². The maximum absolute atomic E-state index is 12.3. The Morgan fingerprint density at radius 1 is 1.17 bits per heavy atom. The van der Waals surface area contributed by atoms with Crippen molar-refractivity contribution in [1.82, 2.24) is 9.80 Å². The van der Waals surface area contributed by atoms with Crippen LogP contribution in [0.2, 0.25) is 0 Å². The highest BCUT2D eigenvalue weighted by molar-refractivity contribution is 14.1. The average Bonchev–Trinajstić information content (AvgIpc) is 2.40. The Bertz CT molecular complexity index is 402. The number of hydrogen-bond donors (Lipinski definition) is 0. The zero-order valence-corrected chi connectivity index (χ0v) is 13.0. The van der Waals surface area contributed by atoms with Crippen LogP contribution >= 0.6 is 34.2 Å². The third-order valence-corrected chi connectivity index (χ3v) is 4.04. The highest BCUT2D eigenvalue weighted by atomic mass is 127. The molecule has 2 rings (SSSR count). The quantitative estimate of drug-likeness (QED) is 0.595. The van der Waals surface area contributed by atoms with Crippen molar-refractivity contribution in [3.8, 4) is 0 Å². The van der Waals surface area contributed by atoms with Gasteiger partial charge in [-0.05, 0) is 46.9 Å². The SMILES string of the molecule is O=C(c1ccc(I)cc1)N1CCN(CCCl)CC1. The summed E-state index contributed by atoms with van der Waals surface area (Å²) >= 11 is 7.96. The highest BCUT2D eigenvalue weighted by Gasteiger charge is 2.21. The first kappa shape index (κ1) is 14.1. The predicted molar refractivity (Wildman–Crippen MR) is 82.2 cm³/mol.